The van der Waals surface area contributed by atoms with Crippen LogP contribution in [0, 0.1) is 0 Å². The number of ketones is 1. The van der Waals surface area contributed by atoms with Gasteiger partial charge in [0.05, 0.1) is 13.7 Å². The van der Waals surface area contributed by atoms with Crippen molar-refractivity contribution in [3.63, 3.8) is 0 Å². The Hall–Kier alpha value is -1.57. The molecule has 0 aliphatic rings. The molecule has 0 radical (unpaired) electrons. The zero-order valence-electron chi connectivity index (χ0n) is 10.5. The molecule has 0 saturated heterocycles. The average molecular weight is 384 g/mol. The largest absolute Gasteiger partial charge is 0.291 e. The first-order valence-electron chi connectivity index (χ1n) is 5.95. The lowest BCUT2D eigenvalue weighted by Gasteiger charge is -1.97. The summed E-state index contributed by atoms with van der Waals surface area (Å²) >= 11 is 10.8. The minimum Gasteiger partial charge on any atom is -0.291 e. The molecule has 0 aliphatic carbocycles. The van der Waals surface area contributed by atoms with E-state index >= 15 is 0 Å². The van der Waals surface area contributed by atoms with Crippen LogP contribution in [0.15, 0.2) is 40.2 Å². The Morgan fingerprint density at radius 2 is 2.10 bits per heavy atom. The van der Waals surface area contributed by atoms with Gasteiger partial charge in [0, 0.05) is 5.56 Å². The third-order valence-corrected chi connectivity index (χ3v) is 4.69. The molecule has 5 nitrogen and oxygen atoms in total. The number of rotatable bonds is 4. The molecule has 21 heavy (non-hydrogen) atoms. The molecular weight excluding hydrogens is 376 g/mol. The second-order valence-corrected chi connectivity index (χ2v) is 7.02. The van der Waals surface area contributed by atoms with Crippen molar-refractivity contribution >= 4 is 44.7 Å². The Balaban J connectivity index is 1.80. The Morgan fingerprint density at radius 3 is 2.81 bits per heavy atom. The van der Waals surface area contributed by atoms with E-state index in [-0.39, 0.29) is 12.3 Å². The third-order valence-electron chi connectivity index (χ3n) is 2.70. The smallest absolute Gasteiger partial charge is 0.206 e. The topological polar surface area (TPSA) is 60.7 Å². The molecule has 8 heteroatoms. The van der Waals surface area contributed by atoms with Crippen LogP contribution in [0.4, 0.5) is 0 Å². The van der Waals surface area contributed by atoms with Crippen LogP contribution in [0.2, 0.25) is 5.02 Å². The number of thiophene rings is 1. The van der Waals surface area contributed by atoms with Crippen LogP contribution in [0.3, 0.4) is 0 Å². The predicted molar refractivity (Wildman–Crippen MR) is 84.6 cm³/mol. The molecule has 3 rings (SSSR count). The quantitative estimate of drug-likeness (QED) is 0.645. The summed E-state index contributed by atoms with van der Waals surface area (Å²) in [5.74, 6) is 0.342. The maximum absolute atomic E-state index is 12.1. The van der Waals surface area contributed by atoms with Crippen LogP contribution < -0.4 is 0 Å². The Kier molecular flexibility index (Phi) is 4.14. The number of nitrogens with zero attached hydrogens (tertiary/aromatic N) is 4. The maximum atomic E-state index is 12.1. The van der Waals surface area contributed by atoms with Gasteiger partial charge in [-0.1, -0.05) is 23.7 Å². The number of aromatic nitrogens is 4. The summed E-state index contributed by atoms with van der Waals surface area (Å²) in [5, 5.41) is 12.6. The van der Waals surface area contributed by atoms with E-state index < -0.39 is 0 Å². The molecule has 0 aliphatic heterocycles. The molecule has 3 aromatic rings. The van der Waals surface area contributed by atoms with Gasteiger partial charge >= 0.3 is 0 Å². The van der Waals surface area contributed by atoms with Crippen LogP contribution >= 0.6 is 38.9 Å². The highest BCUT2D eigenvalue weighted by molar-refractivity contribution is 9.11. The minimum atomic E-state index is -0.0613. The molecule has 0 N–H and O–H groups in total. The number of carbonyl (C=O) groups excluding carboxylic acids is 1. The van der Waals surface area contributed by atoms with Crippen LogP contribution in [0.25, 0.3) is 11.4 Å². The van der Waals surface area contributed by atoms with Gasteiger partial charge in [-0.2, -0.15) is 4.80 Å². The summed E-state index contributed by atoms with van der Waals surface area (Å²) in [6, 6.07) is 10.8. The fraction of sp³-hybridized carbons (Fsp3) is 0.0769. The van der Waals surface area contributed by atoms with Gasteiger partial charge < -0.3 is 0 Å². The minimum absolute atomic E-state index is 0.0460. The zero-order valence-corrected chi connectivity index (χ0v) is 13.7. The highest BCUT2D eigenvalue weighted by Gasteiger charge is 2.14. The Labute approximate surface area is 137 Å². The first-order valence-corrected chi connectivity index (χ1v) is 7.93. The van der Waals surface area contributed by atoms with Crippen molar-refractivity contribution < 1.29 is 4.79 Å². The summed E-state index contributed by atoms with van der Waals surface area (Å²) in [6.07, 6.45) is 0. The lowest BCUT2D eigenvalue weighted by atomic mass is 10.2. The number of benzene rings is 1. The van der Waals surface area contributed by atoms with Gasteiger partial charge in [0.2, 0.25) is 5.82 Å². The normalized spacial score (nSPS) is 10.8. The van der Waals surface area contributed by atoms with E-state index in [1.165, 1.54) is 16.1 Å². The number of carbonyl (C=O) groups is 1. The number of Topliss-reactive ketones (excluding diaryl/α,β-unsaturated/α-hetero) is 1. The molecule has 0 atom stereocenters. The number of tetrazole rings is 1. The molecule has 0 amide bonds. The van der Waals surface area contributed by atoms with E-state index in [1.54, 1.807) is 12.1 Å². The summed E-state index contributed by atoms with van der Waals surface area (Å²) in [5.41, 5.74) is 0.691. The molecule has 0 spiro atoms. The van der Waals surface area contributed by atoms with Gasteiger partial charge in [-0.15, -0.1) is 21.5 Å². The second-order valence-electron chi connectivity index (χ2n) is 4.15. The number of hydrogen-bond donors (Lipinski definition) is 0. The van der Waals surface area contributed by atoms with Crippen LogP contribution in [-0.4, -0.2) is 26.0 Å². The fourth-order valence-corrected chi connectivity index (χ4v) is 3.27. The van der Waals surface area contributed by atoms with Gasteiger partial charge in [0.15, 0.2) is 5.78 Å². The van der Waals surface area contributed by atoms with Crippen molar-refractivity contribution in [2.75, 3.05) is 0 Å². The maximum Gasteiger partial charge on any atom is 0.206 e. The van der Waals surface area contributed by atoms with Crippen molar-refractivity contribution in [2.45, 2.75) is 6.54 Å². The third kappa shape index (κ3) is 3.20. The molecule has 2 heterocycles. The second kappa shape index (κ2) is 6.05. The van der Waals surface area contributed by atoms with Gasteiger partial charge in [-0.25, -0.2) is 0 Å². The van der Waals surface area contributed by atoms with Crippen molar-refractivity contribution in [1.29, 1.82) is 0 Å². The summed E-state index contributed by atoms with van der Waals surface area (Å²) in [4.78, 5) is 14.0. The molecule has 106 valence electrons. The van der Waals surface area contributed by atoms with E-state index in [9.17, 15) is 4.79 Å². The number of halogens is 2. The summed E-state index contributed by atoms with van der Waals surface area (Å²) in [7, 11) is 0. The monoisotopic (exact) mass is 382 g/mol. The highest BCUT2D eigenvalue weighted by Crippen LogP contribution is 2.24. The van der Waals surface area contributed by atoms with E-state index in [0.717, 1.165) is 3.79 Å². The fourth-order valence-electron chi connectivity index (χ4n) is 1.73. The van der Waals surface area contributed by atoms with E-state index in [0.29, 0.717) is 21.3 Å². The van der Waals surface area contributed by atoms with Crippen molar-refractivity contribution in [3.05, 3.63) is 50.1 Å². The van der Waals surface area contributed by atoms with E-state index in [1.807, 2.05) is 24.3 Å². The van der Waals surface area contributed by atoms with Crippen LogP contribution in [0.5, 0.6) is 0 Å². The Morgan fingerprint density at radius 1 is 1.29 bits per heavy atom. The first-order chi connectivity index (χ1) is 10.1. The van der Waals surface area contributed by atoms with Crippen molar-refractivity contribution in [2.24, 2.45) is 0 Å². The molecule has 2 aromatic heterocycles. The van der Waals surface area contributed by atoms with Gasteiger partial charge in [0.25, 0.3) is 0 Å². The lowest BCUT2D eigenvalue weighted by molar-refractivity contribution is 0.0965. The highest BCUT2D eigenvalue weighted by atomic mass is 79.9. The standard InChI is InChI=1S/C13H8BrClN4OS/c14-12-6-5-11(21-12)10(20)7-19-17-13(16-18-19)8-3-1-2-4-9(8)15/h1-6H,7H2. The van der Waals surface area contributed by atoms with Gasteiger partial charge in [0.1, 0.15) is 6.54 Å². The summed E-state index contributed by atoms with van der Waals surface area (Å²) < 4.78 is 0.911. The molecule has 1 aromatic carbocycles. The number of hydrogen-bond acceptors (Lipinski definition) is 5. The molecular formula is C13H8BrClN4OS. The first kappa shape index (κ1) is 14.4. The molecule has 0 fully saturated rings. The zero-order chi connectivity index (χ0) is 14.8. The van der Waals surface area contributed by atoms with E-state index in [4.69, 9.17) is 11.6 Å². The van der Waals surface area contributed by atoms with Crippen molar-refractivity contribution in [1.82, 2.24) is 20.2 Å². The predicted octanol–water partition coefficient (Wildman–Crippen LogP) is 3.70. The molecule has 0 saturated carbocycles. The van der Waals surface area contributed by atoms with Gasteiger partial charge in [-0.05, 0) is 45.4 Å². The van der Waals surface area contributed by atoms with Crippen LogP contribution in [0.1, 0.15) is 9.67 Å². The Bertz CT molecular complexity index is 801. The molecule has 0 unspecified atom stereocenters. The lowest BCUT2D eigenvalue weighted by Crippen LogP contribution is -2.12. The van der Waals surface area contributed by atoms with Crippen molar-refractivity contribution in [3.8, 4) is 11.4 Å². The molecule has 0 bridgehead atoms. The SMILES string of the molecule is O=C(Cn1nnc(-c2ccccc2Cl)n1)c1ccc(Br)s1. The summed E-state index contributed by atoms with van der Waals surface area (Å²) in [6.45, 7) is 0.0460. The van der Waals surface area contributed by atoms with Gasteiger partial charge in [-0.3, -0.25) is 4.79 Å². The van der Waals surface area contributed by atoms with E-state index in [2.05, 4.69) is 31.3 Å². The van der Waals surface area contributed by atoms with Crippen LogP contribution in [-0.2, 0) is 6.54 Å². The average Bonchev–Trinajstić information content (AvgIpc) is 3.08.